The van der Waals surface area contributed by atoms with Crippen LogP contribution in [0.5, 0.6) is 0 Å². The van der Waals surface area contributed by atoms with Crippen molar-refractivity contribution in [1.29, 1.82) is 0 Å². The summed E-state index contributed by atoms with van der Waals surface area (Å²) in [5.74, 6) is 0. The lowest BCUT2D eigenvalue weighted by Gasteiger charge is -1.98. The van der Waals surface area contributed by atoms with Crippen LogP contribution in [0.15, 0.2) is 61.4 Å². The average molecular weight is 188 g/mol. The van der Waals surface area contributed by atoms with E-state index in [0.29, 0.717) is 0 Å². The second-order valence-electron chi connectivity index (χ2n) is 2.86. The molecule has 0 amide bonds. The molecule has 0 aliphatic heterocycles. The molecule has 0 radical (unpaired) electrons. The second kappa shape index (κ2) is 6.84. The highest BCUT2D eigenvalue weighted by Crippen LogP contribution is 2.07. The van der Waals surface area contributed by atoms with E-state index in [-0.39, 0.29) is 0 Å². The number of hydrogen-bond donors (Lipinski definition) is 0. The van der Waals surface area contributed by atoms with E-state index in [1.165, 1.54) is 0 Å². The molecule has 14 heavy (non-hydrogen) atoms. The van der Waals surface area contributed by atoms with Crippen molar-refractivity contribution in [2.45, 2.75) is 6.92 Å². The number of rotatable bonds is 5. The van der Waals surface area contributed by atoms with E-state index in [9.17, 15) is 0 Å². The third-order valence-electron chi connectivity index (χ3n) is 1.81. The van der Waals surface area contributed by atoms with Gasteiger partial charge < -0.3 is 0 Å². The Morgan fingerprint density at radius 3 is 2.21 bits per heavy atom. The van der Waals surface area contributed by atoms with Crippen LogP contribution in [-0.4, -0.2) is 17.8 Å². The molecule has 1 heteroatoms. The lowest BCUT2D eigenvalue weighted by atomic mass is 10.2. The van der Waals surface area contributed by atoms with E-state index in [0.717, 1.165) is 11.3 Å². The SMILES string of the molecule is C=C\C=C/C(=C(/C)C=C)[N+](/C)=C\C=C. The maximum Gasteiger partial charge on any atom is 0.207 e. The molecule has 0 spiro atoms. The molecule has 0 aliphatic carbocycles. The monoisotopic (exact) mass is 188 g/mol. The van der Waals surface area contributed by atoms with E-state index >= 15 is 0 Å². The molecule has 0 unspecified atom stereocenters. The van der Waals surface area contributed by atoms with Crippen LogP contribution in [0.1, 0.15) is 6.92 Å². The molecular formula is C13H18N+. The minimum Gasteiger partial charge on any atom is -0.201 e. The first-order valence-corrected chi connectivity index (χ1v) is 4.48. The third kappa shape index (κ3) is 3.85. The van der Waals surface area contributed by atoms with Gasteiger partial charge in [0.2, 0.25) is 5.70 Å². The fourth-order valence-electron chi connectivity index (χ4n) is 1.03. The Morgan fingerprint density at radius 2 is 1.79 bits per heavy atom. The standard InChI is InChI=1S/C13H18N/c1-6-9-10-13(12(4)8-3)14(5)11-7-2/h6-11H,1-3H2,4-5H3/q+1/b10-9-,13-12+,14-11-. The van der Waals surface area contributed by atoms with Crippen LogP contribution in [0.3, 0.4) is 0 Å². The van der Waals surface area contributed by atoms with Crippen molar-refractivity contribution in [2.75, 3.05) is 7.05 Å². The Labute approximate surface area is 86.8 Å². The number of nitrogens with zero attached hydrogens (tertiary/aromatic N) is 1. The van der Waals surface area contributed by atoms with E-state index in [1.807, 2.05) is 43.0 Å². The van der Waals surface area contributed by atoms with Gasteiger partial charge in [-0.25, -0.2) is 4.58 Å². The molecule has 0 bridgehead atoms. The van der Waals surface area contributed by atoms with Crippen LogP contribution in [-0.2, 0) is 0 Å². The van der Waals surface area contributed by atoms with Gasteiger partial charge in [-0.2, -0.15) is 0 Å². The maximum atomic E-state index is 3.75. The Hall–Kier alpha value is -1.63. The van der Waals surface area contributed by atoms with E-state index in [2.05, 4.69) is 19.7 Å². The molecule has 0 atom stereocenters. The summed E-state index contributed by atoms with van der Waals surface area (Å²) in [6.45, 7) is 13.1. The number of allylic oxidation sites excluding steroid dienone is 6. The molecule has 0 aromatic heterocycles. The summed E-state index contributed by atoms with van der Waals surface area (Å²) in [5.41, 5.74) is 2.20. The van der Waals surface area contributed by atoms with Gasteiger partial charge in [0.1, 0.15) is 7.05 Å². The first-order valence-electron chi connectivity index (χ1n) is 4.48. The van der Waals surface area contributed by atoms with Crippen LogP contribution >= 0.6 is 0 Å². The first-order chi connectivity index (χ1) is 6.67. The molecule has 0 aromatic carbocycles. The molecule has 0 saturated carbocycles. The zero-order valence-corrected chi connectivity index (χ0v) is 9.03. The molecule has 74 valence electrons. The minimum absolute atomic E-state index is 1.08. The van der Waals surface area contributed by atoms with Crippen LogP contribution in [0, 0.1) is 0 Å². The maximum absolute atomic E-state index is 3.75. The smallest absolute Gasteiger partial charge is 0.201 e. The fraction of sp³-hybridized carbons (Fsp3) is 0.154. The first kappa shape index (κ1) is 12.4. The Balaban J connectivity index is 5.20. The van der Waals surface area contributed by atoms with Gasteiger partial charge in [0.15, 0.2) is 6.21 Å². The highest BCUT2D eigenvalue weighted by molar-refractivity contribution is 5.65. The minimum atomic E-state index is 1.08. The van der Waals surface area contributed by atoms with Crippen molar-refractivity contribution in [3.05, 3.63) is 61.4 Å². The van der Waals surface area contributed by atoms with E-state index in [4.69, 9.17) is 0 Å². The summed E-state index contributed by atoms with van der Waals surface area (Å²) < 4.78 is 1.99. The lowest BCUT2D eigenvalue weighted by molar-refractivity contribution is -0.433. The molecule has 0 aromatic rings. The van der Waals surface area contributed by atoms with Gasteiger partial charge in [-0.3, -0.25) is 0 Å². The number of likely N-dealkylation sites (N-methyl/N-ethyl adjacent to an activating group) is 1. The van der Waals surface area contributed by atoms with Crippen molar-refractivity contribution < 1.29 is 4.58 Å². The third-order valence-corrected chi connectivity index (χ3v) is 1.81. The largest absolute Gasteiger partial charge is 0.207 e. The highest BCUT2D eigenvalue weighted by atomic mass is 15.0. The van der Waals surface area contributed by atoms with Gasteiger partial charge in [-0.15, -0.1) is 0 Å². The summed E-state index contributed by atoms with van der Waals surface area (Å²) in [6, 6.07) is 0. The van der Waals surface area contributed by atoms with Crippen molar-refractivity contribution in [3.8, 4) is 0 Å². The Bertz CT molecular complexity index is 314. The zero-order chi connectivity index (χ0) is 11.0. The normalized spacial score (nSPS) is 13.7. The van der Waals surface area contributed by atoms with Crippen LogP contribution < -0.4 is 0 Å². The highest BCUT2D eigenvalue weighted by Gasteiger charge is 2.05. The van der Waals surface area contributed by atoms with Gasteiger partial charge in [0.25, 0.3) is 0 Å². The van der Waals surface area contributed by atoms with Gasteiger partial charge in [0, 0.05) is 11.6 Å². The Morgan fingerprint density at radius 1 is 1.14 bits per heavy atom. The summed E-state index contributed by atoms with van der Waals surface area (Å²) in [6.07, 6.45) is 11.1. The summed E-state index contributed by atoms with van der Waals surface area (Å²) >= 11 is 0. The molecule has 0 heterocycles. The topological polar surface area (TPSA) is 3.01 Å². The predicted molar refractivity (Wildman–Crippen MR) is 64.7 cm³/mol. The van der Waals surface area contributed by atoms with Crippen molar-refractivity contribution in [1.82, 2.24) is 0 Å². The van der Waals surface area contributed by atoms with E-state index in [1.54, 1.807) is 12.2 Å². The van der Waals surface area contributed by atoms with Crippen LogP contribution in [0.2, 0.25) is 0 Å². The summed E-state index contributed by atoms with van der Waals surface area (Å²) in [4.78, 5) is 0. The van der Waals surface area contributed by atoms with Gasteiger partial charge in [-0.05, 0) is 13.0 Å². The fourth-order valence-corrected chi connectivity index (χ4v) is 1.03. The zero-order valence-electron chi connectivity index (χ0n) is 9.03. The summed E-state index contributed by atoms with van der Waals surface area (Å²) in [5, 5.41) is 0. The number of hydrogen-bond acceptors (Lipinski definition) is 0. The van der Waals surface area contributed by atoms with Gasteiger partial charge in [0.05, 0.1) is 0 Å². The molecule has 0 N–H and O–H groups in total. The van der Waals surface area contributed by atoms with Crippen LogP contribution in [0.4, 0.5) is 0 Å². The van der Waals surface area contributed by atoms with Crippen molar-refractivity contribution in [2.24, 2.45) is 0 Å². The van der Waals surface area contributed by atoms with Gasteiger partial charge in [-0.1, -0.05) is 38.0 Å². The molecule has 0 saturated heterocycles. The average Bonchev–Trinajstić information content (AvgIpc) is 2.18. The van der Waals surface area contributed by atoms with Crippen molar-refractivity contribution >= 4 is 6.21 Å². The lowest BCUT2D eigenvalue weighted by Crippen LogP contribution is -2.05. The molecule has 0 rings (SSSR count). The molecule has 0 fully saturated rings. The molecular weight excluding hydrogens is 170 g/mol. The van der Waals surface area contributed by atoms with Crippen LogP contribution in [0.25, 0.3) is 0 Å². The van der Waals surface area contributed by atoms with Crippen molar-refractivity contribution in [3.63, 3.8) is 0 Å². The molecule has 1 nitrogen and oxygen atoms in total. The molecule has 0 aliphatic rings. The Kier molecular flexibility index (Phi) is 6.04. The van der Waals surface area contributed by atoms with Gasteiger partial charge >= 0.3 is 0 Å². The summed E-state index contributed by atoms with van der Waals surface area (Å²) in [7, 11) is 1.97. The van der Waals surface area contributed by atoms with E-state index < -0.39 is 0 Å². The second-order valence-corrected chi connectivity index (χ2v) is 2.86. The predicted octanol–water partition coefficient (Wildman–Crippen LogP) is 3.09. The quantitative estimate of drug-likeness (QED) is 0.354.